The van der Waals surface area contributed by atoms with Crippen LogP contribution in [-0.4, -0.2) is 15.6 Å². The van der Waals surface area contributed by atoms with Crippen molar-refractivity contribution in [3.8, 4) is 0 Å². The summed E-state index contributed by atoms with van der Waals surface area (Å²) in [6, 6.07) is 0. The van der Waals surface area contributed by atoms with E-state index >= 15 is 0 Å². The summed E-state index contributed by atoms with van der Waals surface area (Å²) in [5, 5.41) is 0.995. The third-order valence-corrected chi connectivity index (χ3v) is 5.74. The average molecular weight is 280 g/mol. The quantitative estimate of drug-likeness (QED) is 0.628. The lowest BCUT2D eigenvalue weighted by Crippen LogP contribution is -2.28. The van der Waals surface area contributed by atoms with Gasteiger partial charge in [0.1, 0.15) is 0 Å². The molecule has 2 aliphatic rings. The molecule has 2 aliphatic carbocycles. The fraction of sp³-hybridized carbons (Fsp3) is 0.750. The van der Waals surface area contributed by atoms with Crippen molar-refractivity contribution in [2.45, 2.75) is 22.6 Å². The van der Waals surface area contributed by atoms with Crippen molar-refractivity contribution in [3.05, 3.63) is 10.1 Å². The van der Waals surface area contributed by atoms with Gasteiger partial charge in [0.15, 0.2) is 0 Å². The van der Waals surface area contributed by atoms with Gasteiger partial charge in [-0.05, 0) is 18.8 Å². The van der Waals surface area contributed by atoms with Crippen LogP contribution in [0, 0.1) is 5.92 Å². The van der Waals surface area contributed by atoms with Gasteiger partial charge < -0.3 is 0 Å². The maximum Gasteiger partial charge on any atom is 0.0873 e. The Morgan fingerprint density at radius 2 is 1.85 bits per heavy atom. The maximum absolute atomic E-state index is 6.35. The Labute approximate surface area is 102 Å². The number of hydrogen-bond donors (Lipinski definition) is 0. The van der Waals surface area contributed by atoms with Gasteiger partial charge in [0.25, 0.3) is 0 Å². The van der Waals surface area contributed by atoms with Gasteiger partial charge in [-0.15, -0.1) is 34.8 Å². The smallest absolute Gasteiger partial charge is 0.0873 e. The average Bonchev–Trinajstić information content (AvgIpc) is 2.44. The summed E-state index contributed by atoms with van der Waals surface area (Å²) in [5.41, 5.74) is 0. The molecule has 1 fully saturated rings. The zero-order valence-corrected chi connectivity index (χ0v) is 10.4. The second-order valence-electron chi connectivity index (χ2n) is 3.69. The van der Waals surface area contributed by atoms with E-state index in [9.17, 15) is 0 Å². The van der Waals surface area contributed by atoms with E-state index in [1.54, 1.807) is 0 Å². The van der Waals surface area contributed by atoms with Crippen molar-refractivity contribution < 1.29 is 0 Å². The van der Waals surface area contributed by atoms with Gasteiger partial charge in [-0.3, -0.25) is 0 Å². The summed E-state index contributed by atoms with van der Waals surface area (Å²) in [6.07, 6.45) is 1.31. The monoisotopic (exact) mass is 278 g/mol. The first-order chi connectivity index (χ1) is 5.94. The number of rotatable bonds is 1. The Kier molecular flexibility index (Phi) is 2.54. The molecule has 0 saturated heterocycles. The largest absolute Gasteiger partial charge is 0.126 e. The molecule has 0 unspecified atom stereocenters. The number of allylic oxidation sites excluding steroid dienone is 2. The van der Waals surface area contributed by atoms with Gasteiger partial charge >= 0.3 is 0 Å². The van der Waals surface area contributed by atoms with Crippen LogP contribution in [-0.2, 0) is 0 Å². The number of hydrogen-bond acceptors (Lipinski definition) is 0. The summed E-state index contributed by atoms with van der Waals surface area (Å²) in [4.78, 5) is -1.16. The van der Waals surface area contributed by atoms with Gasteiger partial charge in [0, 0.05) is 5.88 Å². The number of halogens is 5. The first kappa shape index (κ1) is 10.7. The highest BCUT2D eigenvalue weighted by Crippen LogP contribution is 2.65. The number of alkyl halides is 3. The van der Waals surface area contributed by atoms with Crippen LogP contribution >= 0.6 is 58.0 Å². The van der Waals surface area contributed by atoms with E-state index in [0.717, 1.165) is 6.42 Å². The van der Waals surface area contributed by atoms with Crippen LogP contribution in [0.3, 0.4) is 0 Å². The van der Waals surface area contributed by atoms with E-state index in [-0.39, 0.29) is 5.92 Å². The fourth-order valence-electron chi connectivity index (χ4n) is 2.16. The van der Waals surface area contributed by atoms with E-state index in [1.165, 1.54) is 0 Å². The highest BCUT2D eigenvalue weighted by atomic mass is 35.5. The van der Waals surface area contributed by atoms with Gasteiger partial charge in [0.05, 0.1) is 19.8 Å². The van der Waals surface area contributed by atoms with Crippen LogP contribution in [0.1, 0.15) is 12.8 Å². The van der Waals surface area contributed by atoms with Gasteiger partial charge in [0.2, 0.25) is 0 Å². The topological polar surface area (TPSA) is 0 Å². The molecule has 13 heavy (non-hydrogen) atoms. The molecule has 0 N–H and O–H groups in total. The summed E-state index contributed by atoms with van der Waals surface area (Å²) >= 11 is 30.5. The minimum absolute atomic E-state index is 0.128. The minimum Gasteiger partial charge on any atom is -0.126 e. The molecular formula is C8H7Cl5. The minimum atomic E-state index is -0.609. The van der Waals surface area contributed by atoms with Crippen molar-refractivity contribution in [3.63, 3.8) is 0 Å². The molecule has 0 amide bonds. The van der Waals surface area contributed by atoms with Crippen LogP contribution in [0.4, 0.5) is 0 Å². The van der Waals surface area contributed by atoms with Gasteiger partial charge in [-0.25, -0.2) is 0 Å². The van der Waals surface area contributed by atoms with Gasteiger partial charge in [-0.1, -0.05) is 23.2 Å². The zero-order valence-electron chi connectivity index (χ0n) is 6.59. The summed E-state index contributed by atoms with van der Waals surface area (Å²) < 4.78 is 0. The lowest BCUT2D eigenvalue weighted by atomic mass is 9.94. The third-order valence-electron chi connectivity index (χ3n) is 2.89. The summed E-state index contributed by atoms with van der Waals surface area (Å²) in [5.74, 6) is 0.599. The Bertz CT molecular complexity index is 286. The SMILES string of the molecule is ClC[C@@H]1C[C@]2(Cl)C[C@]1(Cl)C(Cl)=C2Cl. The molecule has 0 aromatic carbocycles. The molecule has 2 bridgehead atoms. The highest BCUT2D eigenvalue weighted by Gasteiger charge is 2.62. The highest BCUT2D eigenvalue weighted by molar-refractivity contribution is 6.51. The molecule has 0 nitrogen and oxygen atoms in total. The van der Waals surface area contributed by atoms with Crippen molar-refractivity contribution >= 4 is 58.0 Å². The first-order valence-corrected chi connectivity index (χ1v) is 5.99. The molecule has 0 radical (unpaired) electrons. The molecule has 0 aromatic rings. The van der Waals surface area contributed by atoms with Crippen molar-refractivity contribution in [2.24, 2.45) is 5.92 Å². The fourth-order valence-corrected chi connectivity index (χ4v) is 4.46. The lowest BCUT2D eigenvalue weighted by Gasteiger charge is -2.28. The Hall–Kier alpha value is 1.19. The number of fused-ring (bicyclic) bond motifs is 2. The predicted octanol–water partition coefficient (Wildman–Crippen LogP) is 4.29. The van der Waals surface area contributed by atoms with Crippen LogP contribution in [0.2, 0.25) is 0 Å². The first-order valence-electron chi connectivity index (χ1n) is 3.94. The predicted molar refractivity (Wildman–Crippen MR) is 59.3 cm³/mol. The van der Waals surface area contributed by atoms with E-state index in [0.29, 0.717) is 22.4 Å². The molecule has 0 aliphatic heterocycles. The molecule has 1 saturated carbocycles. The van der Waals surface area contributed by atoms with Gasteiger partial charge in [-0.2, -0.15) is 0 Å². The Morgan fingerprint density at radius 1 is 1.23 bits per heavy atom. The Morgan fingerprint density at radius 3 is 2.23 bits per heavy atom. The Balaban J connectivity index is 2.46. The second-order valence-corrected chi connectivity index (χ2v) is 6.15. The van der Waals surface area contributed by atoms with Crippen molar-refractivity contribution in [2.75, 3.05) is 5.88 Å². The van der Waals surface area contributed by atoms with Crippen molar-refractivity contribution in [1.29, 1.82) is 0 Å². The normalized spacial score (nSPS) is 49.2. The van der Waals surface area contributed by atoms with Crippen LogP contribution in [0.25, 0.3) is 0 Å². The molecule has 2 rings (SSSR count). The second kappa shape index (κ2) is 3.09. The van der Waals surface area contributed by atoms with E-state index in [1.807, 2.05) is 0 Å². The third kappa shape index (κ3) is 1.26. The molecule has 0 heterocycles. The molecule has 0 aromatic heterocycles. The van der Waals surface area contributed by atoms with E-state index < -0.39 is 9.75 Å². The molecule has 3 atom stereocenters. The molecule has 0 spiro atoms. The van der Waals surface area contributed by atoms with Crippen LogP contribution < -0.4 is 0 Å². The zero-order chi connectivity index (χ0) is 9.85. The molecule has 74 valence electrons. The molecular weight excluding hydrogens is 273 g/mol. The summed E-state index contributed by atoms with van der Waals surface area (Å²) in [7, 11) is 0. The standard InChI is InChI=1S/C8H7Cl5/c9-2-4-1-7(12)3-8(4,13)6(11)5(7)10/h4H,1-3H2/t4-,7-,8+/m0/s1. The summed E-state index contributed by atoms with van der Waals surface area (Å²) in [6.45, 7) is 0. The van der Waals surface area contributed by atoms with E-state index in [2.05, 4.69) is 0 Å². The lowest BCUT2D eigenvalue weighted by molar-refractivity contribution is 0.520. The maximum atomic E-state index is 6.35. The van der Waals surface area contributed by atoms with E-state index in [4.69, 9.17) is 58.0 Å². The van der Waals surface area contributed by atoms with Crippen LogP contribution in [0.15, 0.2) is 10.1 Å². The van der Waals surface area contributed by atoms with Crippen LogP contribution in [0.5, 0.6) is 0 Å². The van der Waals surface area contributed by atoms with Crippen molar-refractivity contribution in [1.82, 2.24) is 0 Å². The molecule has 5 heteroatoms.